The smallest absolute Gasteiger partial charge is 0.115 e. The summed E-state index contributed by atoms with van der Waals surface area (Å²) in [6, 6.07) is 18.6. The molecule has 0 radical (unpaired) electrons. The summed E-state index contributed by atoms with van der Waals surface area (Å²) in [5.41, 5.74) is 4.96. The minimum atomic E-state index is -0.411. The van der Waals surface area contributed by atoms with Crippen molar-refractivity contribution in [2.24, 2.45) is 0 Å². The van der Waals surface area contributed by atoms with Gasteiger partial charge in [0.05, 0.1) is 5.41 Å². The Balaban J connectivity index is 2.01. The Bertz CT molecular complexity index is 888. The number of hydrogen-bond acceptors (Lipinski definition) is 3. The van der Waals surface area contributed by atoms with Crippen LogP contribution in [0.25, 0.3) is 0 Å². The van der Waals surface area contributed by atoms with E-state index in [2.05, 4.69) is 11.4 Å². The Morgan fingerprint density at radius 3 is 1.88 bits per heavy atom. The third kappa shape index (κ3) is 2.35. The molecule has 0 aromatic heterocycles. The molecule has 3 N–H and O–H groups in total. The SMILES string of the molecule is Cc1c(Cl)ccc2c1NCC2(c1ccc(O)cc1)c1ccc(O)cc1. The van der Waals surface area contributed by atoms with Crippen molar-refractivity contribution in [2.75, 3.05) is 11.9 Å². The predicted molar refractivity (Wildman–Crippen MR) is 101 cm³/mol. The van der Waals surface area contributed by atoms with Crippen molar-refractivity contribution < 1.29 is 10.2 Å². The van der Waals surface area contributed by atoms with Crippen LogP contribution in [0.4, 0.5) is 5.69 Å². The van der Waals surface area contributed by atoms with Crippen LogP contribution in [-0.2, 0) is 5.41 Å². The first kappa shape index (κ1) is 15.9. The fourth-order valence-corrected chi connectivity index (χ4v) is 3.92. The number of fused-ring (bicyclic) bond motifs is 1. The van der Waals surface area contributed by atoms with Crippen LogP contribution in [0.3, 0.4) is 0 Å². The molecule has 3 nitrogen and oxygen atoms in total. The van der Waals surface area contributed by atoms with Gasteiger partial charge in [-0.1, -0.05) is 41.9 Å². The van der Waals surface area contributed by atoms with Crippen molar-refractivity contribution in [3.05, 3.63) is 87.9 Å². The van der Waals surface area contributed by atoms with E-state index in [1.807, 2.05) is 37.3 Å². The second-order valence-corrected chi connectivity index (χ2v) is 6.85. The molecule has 0 aliphatic carbocycles. The first-order valence-corrected chi connectivity index (χ1v) is 8.52. The number of hydrogen-bond donors (Lipinski definition) is 3. The summed E-state index contributed by atoms with van der Waals surface area (Å²) < 4.78 is 0. The number of aromatic hydroxyl groups is 2. The van der Waals surface area contributed by atoms with Gasteiger partial charge in [-0.05, 0) is 59.5 Å². The third-order valence-electron chi connectivity index (χ3n) is 5.11. The number of halogens is 1. The van der Waals surface area contributed by atoms with Gasteiger partial charge in [-0.15, -0.1) is 0 Å². The quantitative estimate of drug-likeness (QED) is 0.620. The Morgan fingerprint density at radius 2 is 1.36 bits per heavy atom. The zero-order chi connectivity index (χ0) is 17.6. The van der Waals surface area contributed by atoms with Crippen LogP contribution < -0.4 is 5.32 Å². The summed E-state index contributed by atoms with van der Waals surface area (Å²) in [6.45, 7) is 2.69. The molecule has 3 aromatic carbocycles. The molecule has 0 fully saturated rings. The second kappa shape index (κ2) is 5.71. The molecule has 0 amide bonds. The summed E-state index contributed by atoms with van der Waals surface area (Å²) in [4.78, 5) is 0. The molecule has 1 aliphatic rings. The zero-order valence-corrected chi connectivity index (χ0v) is 14.5. The van der Waals surface area contributed by atoms with Gasteiger partial charge in [0.25, 0.3) is 0 Å². The Kier molecular flexibility index (Phi) is 3.62. The normalized spacial score (nSPS) is 14.8. The van der Waals surface area contributed by atoms with Gasteiger partial charge >= 0.3 is 0 Å². The highest BCUT2D eigenvalue weighted by molar-refractivity contribution is 6.31. The van der Waals surface area contributed by atoms with Crippen molar-refractivity contribution in [3.8, 4) is 11.5 Å². The van der Waals surface area contributed by atoms with E-state index in [9.17, 15) is 10.2 Å². The van der Waals surface area contributed by atoms with Gasteiger partial charge in [0.1, 0.15) is 11.5 Å². The molecule has 0 saturated heterocycles. The summed E-state index contributed by atoms with van der Waals surface area (Å²) in [7, 11) is 0. The lowest BCUT2D eigenvalue weighted by Crippen LogP contribution is -2.31. The molecule has 0 atom stereocenters. The number of phenols is 2. The molecular weight excluding hydrogens is 334 g/mol. The van der Waals surface area contributed by atoms with Crippen LogP contribution in [-0.4, -0.2) is 16.8 Å². The third-order valence-corrected chi connectivity index (χ3v) is 5.52. The van der Waals surface area contributed by atoms with E-state index in [0.717, 1.165) is 33.0 Å². The van der Waals surface area contributed by atoms with E-state index in [-0.39, 0.29) is 11.5 Å². The van der Waals surface area contributed by atoms with Crippen LogP contribution in [0, 0.1) is 6.92 Å². The highest BCUT2D eigenvalue weighted by Crippen LogP contribution is 2.49. The topological polar surface area (TPSA) is 52.5 Å². The van der Waals surface area contributed by atoms with Gasteiger partial charge in [-0.3, -0.25) is 0 Å². The van der Waals surface area contributed by atoms with Crippen molar-refractivity contribution >= 4 is 17.3 Å². The Hall–Kier alpha value is -2.65. The molecule has 126 valence electrons. The van der Waals surface area contributed by atoms with E-state index in [1.54, 1.807) is 24.3 Å². The maximum Gasteiger partial charge on any atom is 0.115 e. The van der Waals surface area contributed by atoms with E-state index >= 15 is 0 Å². The Labute approximate surface area is 151 Å². The summed E-state index contributed by atoms with van der Waals surface area (Å²) in [5, 5.41) is 23.7. The summed E-state index contributed by atoms with van der Waals surface area (Å²) in [6.07, 6.45) is 0. The van der Waals surface area contributed by atoms with Gasteiger partial charge in [0.2, 0.25) is 0 Å². The maximum atomic E-state index is 9.70. The molecule has 0 bridgehead atoms. The molecule has 1 heterocycles. The standard InChI is InChI=1S/C21H18ClNO2/c1-13-19(22)11-10-18-20(13)23-12-21(18,14-2-6-16(24)7-3-14)15-4-8-17(25)9-5-15/h2-11,23-25H,12H2,1H3. The van der Waals surface area contributed by atoms with Crippen molar-refractivity contribution in [3.63, 3.8) is 0 Å². The first-order chi connectivity index (χ1) is 12.0. The van der Waals surface area contributed by atoms with Crippen LogP contribution in [0.2, 0.25) is 5.02 Å². The molecule has 4 rings (SSSR count). The highest BCUT2D eigenvalue weighted by atomic mass is 35.5. The molecule has 25 heavy (non-hydrogen) atoms. The van der Waals surface area contributed by atoms with E-state index in [0.29, 0.717) is 6.54 Å². The summed E-state index contributed by atoms with van der Waals surface area (Å²) in [5.74, 6) is 0.478. The highest BCUT2D eigenvalue weighted by Gasteiger charge is 2.43. The molecule has 1 aliphatic heterocycles. The lowest BCUT2D eigenvalue weighted by atomic mass is 9.70. The van der Waals surface area contributed by atoms with Crippen LogP contribution in [0.15, 0.2) is 60.7 Å². The van der Waals surface area contributed by atoms with Gasteiger partial charge in [-0.2, -0.15) is 0 Å². The lowest BCUT2D eigenvalue weighted by molar-refractivity contribution is 0.474. The molecular formula is C21H18ClNO2. The van der Waals surface area contributed by atoms with Crippen molar-refractivity contribution in [1.29, 1.82) is 0 Å². The number of anilines is 1. The van der Waals surface area contributed by atoms with Gasteiger partial charge in [-0.25, -0.2) is 0 Å². The fraction of sp³-hybridized carbons (Fsp3) is 0.143. The van der Waals surface area contributed by atoms with Gasteiger partial charge < -0.3 is 15.5 Å². The number of phenolic OH excluding ortho intramolecular Hbond substituents is 2. The van der Waals surface area contributed by atoms with Gasteiger partial charge in [0, 0.05) is 17.3 Å². The number of benzene rings is 3. The maximum absolute atomic E-state index is 9.70. The van der Waals surface area contributed by atoms with E-state index in [4.69, 9.17) is 11.6 Å². The van der Waals surface area contributed by atoms with Crippen LogP contribution in [0.5, 0.6) is 11.5 Å². The monoisotopic (exact) mass is 351 g/mol. The number of nitrogens with one attached hydrogen (secondary N) is 1. The van der Waals surface area contributed by atoms with Crippen LogP contribution >= 0.6 is 11.6 Å². The van der Waals surface area contributed by atoms with Crippen molar-refractivity contribution in [1.82, 2.24) is 0 Å². The average Bonchev–Trinajstić information content (AvgIpc) is 3.00. The Morgan fingerprint density at radius 1 is 0.840 bits per heavy atom. The number of rotatable bonds is 2. The molecule has 0 spiro atoms. The second-order valence-electron chi connectivity index (χ2n) is 6.45. The van der Waals surface area contributed by atoms with Crippen molar-refractivity contribution in [2.45, 2.75) is 12.3 Å². The molecule has 0 saturated carbocycles. The predicted octanol–water partition coefficient (Wildman–Crippen LogP) is 4.82. The average molecular weight is 352 g/mol. The zero-order valence-electron chi connectivity index (χ0n) is 13.8. The molecule has 4 heteroatoms. The fourth-order valence-electron chi connectivity index (χ4n) is 3.76. The van der Waals surface area contributed by atoms with E-state index in [1.165, 1.54) is 0 Å². The largest absolute Gasteiger partial charge is 0.508 e. The summed E-state index contributed by atoms with van der Waals surface area (Å²) >= 11 is 6.31. The minimum Gasteiger partial charge on any atom is -0.508 e. The molecule has 3 aromatic rings. The van der Waals surface area contributed by atoms with Gasteiger partial charge in [0.15, 0.2) is 0 Å². The molecule has 0 unspecified atom stereocenters. The first-order valence-electron chi connectivity index (χ1n) is 8.15. The minimum absolute atomic E-state index is 0.239. The lowest BCUT2D eigenvalue weighted by Gasteiger charge is -2.31. The van der Waals surface area contributed by atoms with E-state index < -0.39 is 5.41 Å². The van der Waals surface area contributed by atoms with Crippen LogP contribution in [0.1, 0.15) is 22.3 Å².